The fourth-order valence-corrected chi connectivity index (χ4v) is 2.74. The van der Waals surface area contributed by atoms with Crippen molar-refractivity contribution in [1.82, 2.24) is 4.98 Å². The molecular weight excluding hydrogens is 304 g/mol. The molecule has 0 aliphatic carbocycles. The summed E-state index contributed by atoms with van der Waals surface area (Å²) in [7, 11) is 0. The third kappa shape index (κ3) is 3.02. The maximum Gasteiger partial charge on any atom is 0.347 e. The van der Waals surface area contributed by atoms with E-state index < -0.39 is 5.63 Å². The fraction of sp³-hybridized carbons (Fsp3) is 0.316. The zero-order valence-corrected chi connectivity index (χ0v) is 13.9. The molecular formula is C19H20N2O3. The van der Waals surface area contributed by atoms with Crippen LogP contribution in [0.1, 0.15) is 38.8 Å². The Labute approximate surface area is 139 Å². The molecule has 1 N–H and O–H groups in total. The van der Waals surface area contributed by atoms with Crippen LogP contribution in [0.4, 0.5) is 5.82 Å². The molecule has 1 aromatic carbocycles. The Balaban J connectivity index is 2.32. The van der Waals surface area contributed by atoms with Gasteiger partial charge in [0.2, 0.25) is 5.91 Å². The molecule has 0 aliphatic heterocycles. The van der Waals surface area contributed by atoms with E-state index in [2.05, 4.69) is 17.2 Å². The molecule has 0 aliphatic rings. The van der Waals surface area contributed by atoms with Crippen molar-refractivity contribution in [2.45, 2.75) is 39.5 Å². The van der Waals surface area contributed by atoms with Crippen LogP contribution in [-0.4, -0.2) is 10.9 Å². The third-order valence-electron chi connectivity index (χ3n) is 4.02. The molecule has 0 radical (unpaired) electrons. The summed E-state index contributed by atoms with van der Waals surface area (Å²) >= 11 is 0. The van der Waals surface area contributed by atoms with Crippen molar-refractivity contribution >= 4 is 33.5 Å². The van der Waals surface area contributed by atoms with Crippen molar-refractivity contribution in [3.8, 4) is 0 Å². The first-order chi connectivity index (χ1) is 11.6. The Kier molecular flexibility index (Phi) is 4.60. The molecule has 0 bridgehead atoms. The largest absolute Gasteiger partial charge is 0.422 e. The average molecular weight is 324 g/mol. The SMILES string of the molecule is CCCCc1cc2c(c(NC(=O)CC)n1)c(=O)oc1ccccc12. The Morgan fingerprint density at radius 3 is 2.75 bits per heavy atom. The molecule has 0 saturated carbocycles. The van der Waals surface area contributed by atoms with Gasteiger partial charge in [-0.25, -0.2) is 9.78 Å². The number of hydrogen-bond acceptors (Lipinski definition) is 4. The van der Waals surface area contributed by atoms with Gasteiger partial charge in [-0.15, -0.1) is 0 Å². The van der Waals surface area contributed by atoms with E-state index in [0.29, 0.717) is 23.2 Å². The van der Waals surface area contributed by atoms with Gasteiger partial charge in [-0.2, -0.15) is 0 Å². The van der Waals surface area contributed by atoms with Gasteiger partial charge in [-0.1, -0.05) is 38.5 Å². The third-order valence-corrected chi connectivity index (χ3v) is 4.02. The van der Waals surface area contributed by atoms with Crippen LogP contribution in [-0.2, 0) is 11.2 Å². The van der Waals surface area contributed by atoms with E-state index in [1.165, 1.54) is 0 Å². The van der Waals surface area contributed by atoms with Crippen LogP contribution in [0.15, 0.2) is 39.5 Å². The summed E-state index contributed by atoms with van der Waals surface area (Å²) < 4.78 is 5.40. The van der Waals surface area contributed by atoms with Crippen LogP contribution >= 0.6 is 0 Å². The van der Waals surface area contributed by atoms with E-state index in [9.17, 15) is 9.59 Å². The number of pyridine rings is 1. The maximum atomic E-state index is 12.5. The first-order valence-electron chi connectivity index (χ1n) is 8.29. The van der Waals surface area contributed by atoms with E-state index in [1.54, 1.807) is 13.0 Å². The number of anilines is 1. The molecule has 3 aromatic rings. The second kappa shape index (κ2) is 6.83. The minimum atomic E-state index is -0.482. The van der Waals surface area contributed by atoms with E-state index >= 15 is 0 Å². The van der Waals surface area contributed by atoms with Gasteiger partial charge in [0.25, 0.3) is 0 Å². The van der Waals surface area contributed by atoms with Gasteiger partial charge in [-0.05, 0) is 25.0 Å². The Bertz CT molecular complexity index is 960. The summed E-state index contributed by atoms with van der Waals surface area (Å²) in [5.41, 5.74) is 0.923. The van der Waals surface area contributed by atoms with Gasteiger partial charge in [0.05, 0.1) is 0 Å². The highest BCUT2D eigenvalue weighted by atomic mass is 16.4. The maximum absolute atomic E-state index is 12.5. The molecule has 0 unspecified atom stereocenters. The van der Waals surface area contributed by atoms with Gasteiger partial charge >= 0.3 is 5.63 Å². The predicted molar refractivity (Wildman–Crippen MR) is 95.3 cm³/mol. The summed E-state index contributed by atoms with van der Waals surface area (Å²) in [5, 5.41) is 4.70. The van der Waals surface area contributed by atoms with Gasteiger partial charge in [-0.3, -0.25) is 4.79 Å². The van der Waals surface area contributed by atoms with Crippen molar-refractivity contribution in [3.05, 3.63) is 46.4 Å². The number of fused-ring (bicyclic) bond motifs is 3. The lowest BCUT2D eigenvalue weighted by Gasteiger charge is -2.11. The Morgan fingerprint density at radius 1 is 1.21 bits per heavy atom. The molecule has 24 heavy (non-hydrogen) atoms. The molecule has 0 spiro atoms. The van der Waals surface area contributed by atoms with Crippen molar-refractivity contribution < 1.29 is 9.21 Å². The summed E-state index contributed by atoms with van der Waals surface area (Å²) in [6.07, 6.45) is 3.17. The lowest BCUT2D eigenvalue weighted by molar-refractivity contribution is -0.115. The highest BCUT2D eigenvalue weighted by Crippen LogP contribution is 2.28. The van der Waals surface area contributed by atoms with Crippen molar-refractivity contribution in [2.24, 2.45) is 0 Å². The van der Waals surface area contributed by atoms with Crippen LogP contribution in [0.25, 0.3) is 21.7 Å². The zero-order chi connectivity index (χ0) is 17.1. The normalized spacial score (nSPS) is 11.1. The fourth-order valence-electron chi connectivity index (χ4n) is 2.74. The van der Waals surface area contributed by atoms with Gasteiger partial charge in [0.1, 0.15) is 16.8 Å². The molecule has 0 atom stereocenters. The number of para-hydroxylation sites is 1. The quantitative estimate of drug-likeness (QED) is 0.568. The Morgan fingerprint density at radius 2 is 2.00 bits per heavy atom. The number of unbranched alkanes of at least 4 members (excludes halogenated alkanes) is 1. The molecule has 0 saturated heterocycles. The van der Waals surface area contributed by atoms with E-state index in [0.717, 1.165) is 35.7 Å². The summed E-state index contributed by atoms with van der Waals surface area (Å²) in [4.78, 5) is 28.8. The van der Waals surface area contributed by atoms with Gasteiger partial charge in [0.15, 0.2) is 0 Å². The first kappa shape index (κ1) is 16.2. The monoisotopic (exact) mass is 324 g/mol. The van der Waals surface area contributed by atoms with Crippen LogP contribution < -0.4 is 10.9 Å². The minimum absolute atomic E-state index is 0.177. The van der Waals surface area contributed by atoms with Crippen LogP contribution in [0, 0.1) is 0 Å². The van der Waals surface area contributed by atoms with Crippen LogP contribution in [0.5, 0.6) is 0 Å². The van der Waals surface area contributed by atoms with Gasteiger partial charge in [0, 0.05) is 22.9 Å². The summed E-state index contributed by atoms with van der Waals surface area (Å²) in [5.74, 6) is 0.119. The molecule has 2 heterocycles. The molecule has 1 amide bonds. The number of hydrogen-bond donors (Lipinski definition) is 1. The van der Waals surface area contributed by atoms with Crippen molar-refractivity contribution in [2.75, 3.05) is 5.32 Å². The summed E-state index contributed by atoms with van der Waals surface area (Å²) in [6, 6.07) is 9.35. The first-order valence-corrected chi connectivity index (χ1v) is 8.29. The number of rotatable bonds is 5. The molecule has 5 heteroatoms. The van der Waals surface area contributed by atoms with Gasteiger partial charge < -0.3 is 9.73 Å². The highest BCUT2D eigenvalue weighted by Gasteiger charge is 2.15. The smallest absolute Gasteiger partial charge is 0.347 e. The predicted octanol–water partition coefficient (Wildman–Crippen LogP) is 4.03. The number of benzene rings is 1. The van der Waals surface area contributed by atoms with E-state index in [-0.39, 0.29) is 5.91 Å². The molecule has 5 nitrogen and oxygen atoms in total. The van der Waals surface area contributed by atoms with Crippen LogP contribution in [0.2, 0.25) is 0 Å². The number of aryl methyl sites for hydroxylation is 1. The Hall–Kier alpha value is -2.69. The molecule has 3 rings (SSSR count). The standard InChI is InChI=1S/C19H20N2O3/c1-3-5-8-12-11-14-13-9-6-7-10-15(13)24-19(23)17(14)18(20-12)21-16(22)4-2/h6-7,9-11H,3-5,8H2,1-2H3,(H,20,21,22). The number of nitrogens with one attached hydrogen (secondary N) is 1. The molecule has 124 valence electrons. The lowest BCUT2D eigenvalue weighted by atomic mass is 10.1. The average Bonchev–Trinajstić information content (AvgIpc) is 2.59. The topological polar surface area (TPSA) is 72.2 Å². The lowest BCUT2D eigenvalue weighted by Crippen LogP contribution is -2.15. The second-order valence-corrected chi connectivity index (χ2v) is 5.78. The van der Waals surface area contributed by atoms with E-state index in [1.807, 2.05) is 24.3 Å². The van der Waals surface area contributed by atoms with E-state index in [4.69, 9.17) is 4.42 Å². The number of aromatic nitrogens is 1. The number of carbonyl (C=O) groups excluding carboxylic acids is 1. The highest BCUT2D eigenvalue weighted by molar-refractivity contribution is 6.10. The molecule has 0 fully saturated rings. The number of nitrogens with zero attached hydrogens (tertiary/aromatic N) is 1. The summed E-state index contributed by atoms with van der Waals surface area (Å²) in [6.45, 7) is 3.88. The van der Waals surface area contributed by atoms with Crippen molar-refractivity contribution in [3.63, 3.8) is 0 Å². The number of carbonyl (C=O) groups is 1. The van der Waals surface area contributed by atoms with Crippen LogP contribution in [0.3, 0.4) is 0 Å². The number of amides is 1. The minimum Gasteiger partial charge on any atom is -0.422 e. The second-order valence-electron chi connectivity index (χ2n) is 5.78. The van der Waals surface area contributed by atoms with Crippen molar-refractivity contribution in [1.29, 1.82) is 0 Å². The zero-order valence-electron chi connectivity index (χ0n) is 13.9. The molecule has 2 aromatic heterocycles.